The molecular weight excluding hydrogens is 284 g/mol. The highest BCUT2D eigenvalue weighted by molar-refractivity contribution is 7.87. The van der Waals surface area contributed by atoms with Gasteiger partial charge in [0.2, 0.25) is 0 Å². The summed E-state index contributed by atoms with van der Waals surface area (Å²) >= 11 is 0. The van der Waals surface area contributed by atoms with Crippen LogP contribution in [0, 0.1) is 0 Å². The minimum absolute atomic E-state index is 0.0461. The standard InChI is InChI=1S/C17H26O3S/c1-3-5-6-7-8-9-11-16-12-10-13-17(15-16)20-21(18,19)14-4-2/h9-13,15H,3-8,14H2,1-2H3/b11-9+. The molecule has 21 heavy (non-hydrogen) atoms. The molecular formula is C17H26O3S. The molecule has 0 aromatic heterocycles. The van der Waals surface area contributed by atoms with Crippen molar-refractivity contribution in [3.8, 4) is 5.75 Å². The van der Waals surface area contributed by atoms with Gasteiger partial charge in [-0.25, -0.2) is 0 Å². The Morgan fingerprint density at radius 1 is 1.10 bits per heavy atom. The Morgan fingerprint density at radius 3 is 2.62 bits per heavy atom. The Morgan fingerprint density at radius 2 is 1.90 bits per heavy atom. The Labute approximate surface area is 129 Å². The Hall–Kier alpha value is -1.29. The van der Waals surface area contributed by atoms with E-state index in [4.69, 9.17) is 4.18 Å². The first-order valence-electron chi connectivity index (χ1n) is 7.76. The van der Waals surface area contributed by atoms with E-state index in [2.05, 4.69) is 13.0 Å². The minimum atomic E-state index is -3.46. The number of hydrogen-bond donors (Lipinski definition) is 0. The molecule has 4 heteroatoms. The number of benzene rings is 1. The van der Waals surface area contributed by atoms with E-state index in [1.54, 1.807) is 12.1 Å². The fraction of sp³-hybridized carbons (Fsp3) is 0.529. The lowest BCUT2D eigenvalue weighted by Crippen LogP contribution is -2.13. The van der Waals surface area contributed by atoms with Crippen molar-refractivity contribution in [2.24, 2.45) is 0 Å². The van der Waals surface area contributed by atoms with Crippen LogP contribution in [0.3, 0.4) is 0 Å². The summed E-state index contributed by atoms with van der Waals surface area (Å²) in [6.07, 6.45) is 10.8. The molecule has 0 aliphatic heterocycles. The summed E-state index contributed by atoms with van der Waals surface area (Å²) in [4.78, 5) is 0. The van der Waals surface area contributed by atoms with E-state index in [0.29, 0.717) is 12.2 Å². The molecule has 0 heterocycles. The van der Waals surface area contributed by atoms with E-state index in [0.717, 1.165) is 12.0 Å². The first-order valence-corrected chi connectivity index (χ1v) is 9.34. The highest BCUT2D eigenvalue weighted by Gasteiger charge is 2.10. The first-order chi connectivity index (χ1) is 10.1. The molecule has 0 amide bonds. The summed E-state index contributed by atoms with van der Waals surface area (Å²) in [6, 6.07) is 7.19. The van der Waals surface area contributed by atoms with Crippen molar-refractivity contribution >= 4 is 16.2 Å². The predicted molar refractivity (Wildman–Crippen MR) is 88.9 cm³/mol. The van der Waals surface area contributed by atoms with Crippen molar-refractivity contribution < 1.29 is 12.6 Å². The first kappa shape index (κ1) is 17.8. The topological polar surface area (TPSA) is 43.4 Å². The second-order valence-electron chi connectivity index (χ2n) is 5.17. The third-order valence-electron chi connectivity index (χ3n) is 3.07. The SMILES string of the molecule is CCCCCC/C=C/c1cccc(OS(=O)(=O)CCC)c1. The zero-order chi connectivity index (χ0) is 15.6. The van der Waals surface area contributed by atoms with Crippen LogP contribution in [0.5, 0.6) is 5.75 Å². The van der Waals surface area contributed by atoms with E-state index in [-0.39, 0.29) is 5.75 Å². The van der Waals surface area contributed by atoms with Crippen LogP contribution in [0.25, 0.3) is 6.08 Å². The summed E-state index contributed by atoms with van der Waals surface area (Å²) in [7, 11) is -3.46. The summed E-state index contributed by atoms with van der Waals surface area (Å²) in [5.41, 5.74) is 0.967. The van der Waals surface area contributed by atoms with Crippen LogP contribution in [-0.2, 0) is 10.1 Å². The molecule has 0 bridgehead atoms. The third kappa shape index (κ3) is 7.90. The average Bonchev–Trinajstić information content (AvgIpc) is 2.42. The zero-order valence-corrected chi connectivity index (χ0v) is 13.9. The van der Waals surface area contributed by atoms with E-state index in [1.165, 1.54) is 25.7 Å². The molecule has 0 unspecified atom stereocenters. The lowest BCUT2D eigenvalue weighted by atomic mass is 10.1. The summed E-state index contributed by atoms with van der Waals surface area (Å²) in [5, 5.41) is 0. The molecule has 1 aromatic rings. The van der Waals surface area contributed by atoms with Crippen LogP contribution in [0.2, 0.25) is 0 Å². The average molecular weight is 310 g/mol. The minimum Gasteiger partial charge on any atom is -0.382 e. The van der Waals surface area contributed by atoms with Crippen molar-refractivity contribution in [3.05, 3.63) is 35.9 Å². The summed E-state index contributed by atoms with van der Waals surface area (Å²) < 4.78 is 28.3. The molecule has 0 atom stereocenters. The number of allylic oxidation sites excluding steroid dienone is 1. The van der Waals surface area contributed by atoms with Gasteiger partial charge in [0.1, 0.15) is 5.75 Å². The molecule has 1 aromatic carbocycles. The quantitative estimate of drug-likeness (QED) is 0.461. The monoisotopic (exact) mass is 310 g/mol. The zero-order valence-electron chi connectivity index (χ0n) is 13.0. The molecule has 0 saturated carbocycles. The smallest absolute Gasteiger partial charge is 0.309 e. The van der Waals surface area contributed by atoms with Crippen molar-refractivity contribution in [1.82, 2.24) is 0 Å². The van der Waals surface area contributed by atoms with Gasteiger partial charge >= 0.3 is 10.1 Å². The number of rotatable bonds is 10. The van der Waals surface area contributed by atoms with Gasteiger partial charge in [0, 0.05) is 0 Å². The number of hydrogen-bond acceptors (Lipinski definition) is 3. The van der Waals surface area contributed by atoms with Crippen molar-refractivity contribution in [2.75, 3.05) is 5.75 Å². The van der Waals surface area contributed by atoms with Gasteiger partial charge in [-0.1, -0.05) is 57.4 Å². The van der Waals surface area contributed by atoms with E-state index in [9.17, 15) is 8.42 Å². The molecule has 0 aliphatic rings. The Balaban J connectivity index is 2.54. The maximum absolute atomic E-state index is 11.6. The molecule has 0 fully saturated rings. The Bertz CT molecular complexity index is 533. The maximum Gasteiger partial charge on any atom is 0.309 e. The molecule has 0 radical (unpaired) electrons. The molecule has 1 rings (SSSR count). The van der Waals surface area contributed by atoms with Gasteiger partial charge < -0.3 is 4.18 Å². The van der Waals surface area contributed by atoms with Crippen LogP contribution >= 0.6 is 0 Å². The van der Waals surface area contributed by atoms with Crippen LogP contribution < -0.4 is 4.18 Å². The highest BCUT2D eigenvalue weighted by Crippen LogP contribution is 2.17. The maximum atomic E-state index is 11.6. The molecule has 0 N–H and O–H groups in total. The molecule has 0 saturated heterocycles. The molecule has 0 aliphatic carbocycles. The Kier molecular flexibility index (Phi) is 8.13. The fourth-order valence-electron chi connectivity index (χ4n) is 2.02. The van der Waals surface area contributed by atoms with Gasteiger partial charge in [-0.2, -0.15) is 8.42 Å². The van der Waals surface area contributed by atoms with Gasteiger partial charge in [-0.05, 0) is 37.0 Å². The third-order valence-corrected chi connectivity index (χ3v) is 4.42. The van der Waals surface area contributed by atoms with Crippen LogP contribution in [0.15, 0.2) is 30.3 Å². The fourth-order valence-corrected chi connectivity index (χ4v) is 3.00. The highest BCUT2D eigenvalue weighted by atomic mass is 32.2. The van der Waals surface area contributed by atoms with E-state index in [1.807, 2.05) is 25.1 Å². The van der Waals surface area contributed by atoms with Crippen molar-refractivity contribution in [1.29, 1.82) is 0 Å². The van der Waals surface area contributed by atoms with Crippen molar-refractivity contribution in [3.63, 3.8) is 0 Å². The van der Waals surface area contributed by atoms with Gasteiger partial charge in [0.15, 0.2) is 0 Å². The van der Waals surface area contributed by atoms with E-state index < -0.39 is 10.1 Å². The number of unbranched alkanes of at least 4 members (excludes halogenated alkanes) is 4. The van der Waals surface area contributed by atoms with Crippen LogP contribution in [0.4, 0.5) is 0 Å². The lowest BCUT2D eigenvalue weighted by molar-refractivity contribution is 0.485. The summed E-state index contributed by atoms with van der Waals surface area (Å²) in [5.74, 6) is 0.432. The van der Waals surface area contributed by atoms with E-state index >= 15 is 0 Å². The second-order valence-corrected chi connectivity index (χ2v) is 6.86. The van der Waals surface area contributed by atoms with Crippen LogP contribution in [0.1, 0.15) is 57.9 Å². The summed E-state index contributed by atoms with van der Waals surface area (Å²) in [6.45, 7) is 4.02. The predicted octanol–water partition coefficient (Wildman–Crippen LogP) is 4.79. The van der Waals surface area contributed by atoms with Gasteiger partial charge in [-0.15, -0.1) is 0 Å². The van der Waals surface area contributed by atoms with Crippen LogP contribution in [-0.4, -0.2) is 14.2 Å². The van der Waals surface area contributed by atoms with Gasteiger partial charge in [0.25, 0.3) is 0 Å². The second kappa shape index (κ2) is 9.61. The molecule has 118 valence electrons. The van der Waals surface area contributed by atoms with Gasteiger partial charge in [0.05, 0.1) is 5.75 Å². The normalized spacial score (nSPS) is 11.9. The van der Waals surface area contributed by atoms with Crippen molar-refractivity contribution in [2.45, 2.75) is 52.4 Å². The molecule has 0 spiro atoms. The lowest BCUT2D eigenvalue weighted by Gasteiger charge is -2.06. The van der Waals surface area contributed by atoms with Gasteiger partial charge in [-0.3, -0.25) is 0 Å². The molecule has 3 nitrogen and oxygen atoms in total. The largest absolute Gasteiger partial charge is 0.382 e.